The lowest BCUT2D eigenvalue weighted by Crippen LogP contribution is -2.52. The van der Waals surface area contributed by atoms with E-state index < -0.39 is 29.5 Å². The number of fused-ring (bicyclic) bond motifs is 2. The second kappa shape index (κ2) is 9.47. The molecule has 2 bridgehead atoms. The van der Waals surface area contributed by atoms with Crippen LogP contribution in [-0.4, -0.2) is 47.6 Å². The van der Waals surface area contributed by atoms with Gasteiger partial charge in [0.2, 0.25) is 29.3 Å². The van der Waals surface area contributed by atoms with Crippen LogP contribution in [-0.2, 0) is 9.59 Å². The fourth-order valence-corrected chi connectivity index (χ4v) is 3.30. The lowest BCUT2D eigenvalue weighted by atomic mass is 9.86. The zero-order valence-corrected chi connectivity index (χ0v) is 18.7. The van der Waals surface area contributed by atoms with Crippen molar-refractivity contribution in [1.82, 2.24) is 15.6 Å². The molecule has 0 radical (unpaired) electrons. The van der Waals surface area contributed by atoms with E-state index in [1.165, 1.54) is 0 Å². The van der Waals surface area contributed by atoms with Gasteiger partial charge in [-0.2, -0.15) is 10.2 Å². The normalized spacial score (nSPS) is 21.8. The third-order valence-corrected chi connectivity index (χ3v) is 5.25. The van der Waals surface area contributed by atoms with Crippen molar-refractivity contribution in [2.75, 3.05) is 18.5 Å². The van der Waals surface area contributed by atoms with Crippen molar-refractivity contribution in [3.8, 4) is 6.07 Å². The van der Waals surface area contributed by atoms with E-state index in [9.17, 15) is 20.0 Å². The van der Waals surface area contributed by atoms with E-state index in [0.29, 0.717) is 25.3 Å². The van der Waals surface area contributed by atoms with E-state index in [2.05, 4.69) is 21.7 Å². The quantitative estimate of drug-likeness (QED) is 0.681. The molecule has 9 nitrogen and oxygen atoms in total. The van der Waals surface area contributed by atoms with Crippen molar-refractivity contribution in [3.05, 3.63) is 11.6 Å². The van der Waals surface area contributed by atoms with E-state index in [1.807, 2.05) is 32.7 Å². The number of anilines is 1. The maximum absolute atomic E-state index is 13.1. The molecular formula is C21H33N5O4. The second-order valence-corrected chi connectivity index (χ2v) is 9.29. The SMILES string of the molecule is CC(C)[C@H](O)C(=O)N[C@H]1CCCCN(C)c2oc(nc2C#N)[C@H](C(C)(C)C)NC1=O. The molecule has 1 aromatic rings. The van der Waals surface area contributed by atoms with Crippen LogP contribution in [0.15, 0.2) is 4.42 Å². The van der Waals surface area contributed by atoms with Gasteiger partial charge in [0.25, 0.3) is 0 Å². The van der Waals surface area contributed by atoms with Crippen molar-refractivity contribution in [2.24, 2.45) is 11.3 Å². The van der Waals surface area contributed by atoms with Crippen LogP contribution in [0, 0.1) is 22.7 Å². The summed E-state index contributed by atoms with van der Waals surface area (Å²) in [4.78, 5) is 31.6. The number of amides is 2. The number of carbonyl (C=O) groups is 2. The molecule has 0 fully saturated rings. The summed E-state index contributed by atoms with van der Waals surface area (Å²) in [5.74, 6) is -0.549. The van der Waals surface area contributed by atoms with Crippen molar-refractivity contribution in [1.29, 1.82) is 5.26 Å². The highest BCUT2D eigenvalue weighted by Crippen LogP contribution is 2.35. The molecule has 0 saturated carbocycles. The summed E-state index contributed by atoms with van der Waals surface area (Å²) in [5.41, 5.74) is -0.278. The van der Waals surface area contributed by atoms with Crippen LogP contribution in [0.5, 0.6) is 0 Å². The van der Waals surface area contributed by atoms with Crippen molar-refractivity contribution in [2.45, 2.75) is 72.1 Å². The number of nitriles is 1. The van der Waals surface area contributed by atoms with Gasteiger partial charge in [0, 0.05) is 13.6 Å². The first-order valence-electron chi connectivity index (χ1n) is 10.4. The van der Waals surface area contributed by atoms with Gasteiger partial charge in [-0.1, -0.05) is 34.6 Å². The molecule has 2 heterocycles. The molecule has 1 aliphatic heterocycles. The van der Waals surface area contributed by atoms with Crippen LogP contribution in [0.4, 0.5) is 5.88 Å². The van der Waals surface area contributed by atoms with Crippen LogP contribution >= 0.6 is 0 Å². The number of carbonyl (C=O) groups excluding carboxylic acids is 2. The van der Waals surface area contributed by atoms with E-state index in [0.717, 1.165) is 6.42 Å². The highest BCUT2D eigenvalue weighted by Gasteiger charge is 2.36. The highest BCUT2D eigenvalue weighted by atomic mass is 16.4. The van der Waals surface area contributed by atoms with Crippen LogP contribution in [0.1, 0.15) is 71.5 Å². The Balaban J connectivity index is 2.38. The predicted octanol–water partition coefficient (Wildman–Crippen LogP) is 1.87. The number of hydrogen-bond acceptors (Lipinski definition) is 7. The third kappa shape index (κ3) is 5.51. The third-order valence-electron chi connectivity index (χ3n) is 5.25. The van der Waals surface area contributed by atoms with Gasteiger partial charge in [-0.25, -0.2) is 0 Å². The predicted molar refractivity (Wildman–Crippen MR) is 111 cm³/mol. The second-order valence-electron chi connectivity index (χ2n) is 9.29. The van der Waals surface area contributed by atoms with E-state index in [-0.39, 0.29) is 23.4 Å². The summed E-state index contributed by atoms with van der Waals surface area (Å²) in [6.45, 7) is 9.88. The standard InChI is InChI=1S/C21H33N5O4/c1-12(2)15(27)18(29)23-13-9-7-8-10-26(6)20-14(11-22)24-19(30-20)16(21(3,4)5)25-17(13)28/h12-13,15-16,27H,7-10H2,1-6H3,(H,23,29)(H,25,28)/t13-,15-,16+/m0/s1. The van der Waals surface area contributed by atoms with Gasteiger partial charge in [0.1, 0.15) is 24.3 Å². The summed E-state index contributed by atoms with van der Waals surface area (Å²) in [5, 5.41) is 25.1. The van der Waals surface area contributed by atoms with Crippen LogP contribution in [0.25, 0.3) is 0 Å². The molecule has 0 unspecified atom stereocenters. The van der Waals surface area contributed by atoms with Gasteiger partial charge < -0.3 is 25.1 Å². The molecule has 1 aromatic heterocycles. The monoisotopic (exact) mass is 419 g/mol. The Morgan fingerprint density at radius 2 is 2.07 bits per heavy atom. The van der Waals surface area contributed by atoms with Gasteiger partial charge in [0.05, 0.1) is 0 Å². The van der Waals surface area contributed by atoms with Crippen molar-refractivity contribution >= 4 is 17.7 Å². The average molecular weight is 420 g/mol. The maximum Gasteiger partial charge on any atom is 0.249 e. The minimum Gasteiger partial charge on any atom is -0.421 e. The number of aromatic nitrogens is 1. The van der Waals surface area contributed by atoms with E-state index >= 15 is 0 Å². The number of aliphatic hydroxyl groups excluding tert-OH is 1. The minimum atomic E-state index is -1.18. The first-order valence-corrected chi connectivity index (χ1v) is 10.4. The summed E-state index contributed by atoms with van der Waals surface area (Å²) in [6, 6.07) is 0.672. The zero-order valence-electron chi connectivity index (χ0n) is 18.7. The maximum atomic E-state index is 13.1. The molecule has 2 rings (SSSR count). The van der Waals surface area contributed by atoms with Crippen LogP contribution in [0.3, 0.4) is 0 Å². The molecule has 3 atom stereocenters. The van der Waals surface area contributed by atoms with Crippen molar-refractivity contribution in [3.63, 3.8) is 0 Å². The molecular weight excluding hydrogens is 386 g/mol. The van der Waals surface area contributed by atoms with Crippen LogP contribution in [0.2, 0.25) is 0 Å². The molecule has 2 amide bonds. The number of rotatable bonds is 3. The summed E-state index contributed by atoms with van der Waals surface area (Å²) >= 11 is 0. The number of oxazole rings is 1. The summed E-state index contributed by atoms with van der Waals surface area (Å²) < 4.78 is 5.91. The number of nitrogens with one attached hydrogen (secondary N) is 2. The Kier molecular flexibility index (Phi) is 7.48. The summed E-state index contributed by atoms with van der Waals surface area (Å²) in [7, 11) is 1.83. The lowest BCUT2D eigenvalue weighted by Gasteiger charge is -2.31. The average Bonchev–Trinajstić information content (AvgIpc) is 3.09. The molecule has 0 saturated heterocycles. The van der Waals surface area contributed by atoms with Crippen LogP contribution < -0.4 is 15.5 Å². The fraction of sp³-hybridized carbons (Fsp3) is 0.714. The Hall–Kier alpha value is -2.60. The molecule has 0 aromatic carbocycles. The Bertz CT molecular complexity index is 805. The number of nitrogens with zero attached hydrogens (tertiary/aromatic N) is 3. The van der Waals surface area contributed by atoms with Crippen molar-refractivity contribution < 1.29 is 19.1 Å². The zero-order chi connectivity index (χ0) is 22.6. The van der Waals surface area contributed by atoms with Gasteiger partial charge in [-0.15, -0.1) is 0 Å². The Labute approximate surface area is 177 Å². The van der Waals surface area contributed by atoms with Gasteiger partial charge in [0.15, 0.2) is 0 Å². The largest absolute Gasteiger partial charge is 0.421 e. The number of aliphatic hydroxyl groups is 1. The molecule has 30 heavy (non-hydrogen) atoms. The molecule has 3 N–H and O–H groups in total. The first-order chi connectivity index (χ1) is 14.0. The van der Waals surface area contributed by atoms with E-state index in [4.69, 9.17) is 4.42 Å². The molecule has 0 spiro atoms. The Morgan fingerprint density at radius 1 is 1.40 bits per heavy atom. The molecule has 166 valence electrons. The summed E-state index contributed by atoms with van der Waals surface area (Å²) in [6.07, 6.45) is 0.650. The fourth-order valence-electron chi connectivity index (χ4n) is 3.30. The van der Waals surface area contributed by atoms with Gasteiger partial charge >= 0.3 is 0 Å². The van der Waals surface area contributed by atoms with Gasteiger partial charge in [-0.3, -0.25) is 9.59 Å². The van der Waals surface area contributed by atoms with E-state index in [1.54, 1.807) is 13.8 Å². The molecule has 0 aliphatic carbocycles. The first kappa shape index (κ1) is 23.7. The smallest absolute Gasteiger partial charge is 0.249 e. The highest BCUT2D eigenvalue weighted by molar-refractivity contribution is 5.89. The topological polar surface area (TPSA) is 131 Å². The molecule has 1 aliphatic rings. The lowest BCUT2D eigenvalue weighted by molar-refractivity contribution is -0.136. The minimum absolute atomic E-state index is 0.181. The number of hydrogen-bond donors (Lipinski definition) is 3. The van der Waals surface area contributed by atoms with Gasteiger partial charge in [-0.05, 0) is 30.6 Å². The Morgan fingerprint density at radius 3 is 2.63 bits per heavy atom. The molecule has 9 heteroatoms.